The number of anilines is 1. The van der Waals surface area contributed by atoms with Crippen LogP contribution >= 0.6 is 15.9 Å². The number of carbonyl (C=O) groups is 2. The van der Waals surface area contributed by atoms with Crippen molar-refractivity contribution >= 4 is 44.8 Å². The van der Waals surface area contributed by atoms with Gasteiger partial charge in [-0.05, 0) is 51.8 Å². The first-order valence-corrected chi connectivity index (χ1v) is 9.97. The summed E-state index contributed by atoms with van der Waals surface area (Å²) in [5, 5.41) is 0. The number of hydrogen-bond donors (Lipinski definition) is 2. The van der Waals surface area contributed by atoms with Gasteiger partial charge < -0.3 is 9.64 Å². The molecule has 9 heteroatoms. The van der Waals surface area contributed by atoms with Gasteiger partial charge in [-0.3, -0.25) is 20.6 Å². The zero-order valence-corrected chi connectivity index (χ0v) is 17.7. The summed E-state index contributed by atoms with van der Waals surface area (Å²) in [7, 11) is 0. The van der Waals surface area contributed by atoms with Crippen LogP contribution in [0, 0.1) is 5.92 Å². The van der Waals surface area contributed by atoms with Crippen molar-refractivity contribution in [3.63, 3.8) is 0 Å². The van der Waals surface area contributed by atoms with Gasteiger partial charge in [0.2, 0.25) is 5.91 Å². The zero-order chi connectivity index (χ0) is 20.3. The highest BCUT2D eigenvalue weighted by molar-refractivity contribution is 9.10. The van der Waals surface area contributed by atoms with Gasteiger partial charge in [0, 0.05) is 23.5 Å². The number of nitrogens with zero attached hydrogens (tertiary/aromatic N) is 3. The largest absolute Gasteiger partial charge is 0.444 e. The molecular weight excluding hydrogens is 426 g/mol. The molecule has 2 heterocycles. The number of rotatable bonds is 3. The second-order valence-electron chi connectivity index (χ2n) is 7.74. The molecule has 2 aromatic rings. The van der Waals surface area contributed by atoms with Crippen molar-refractivity contribution in [2.75, 3.05) is 18.5 Å². The Bertz CT molecular complexity index is 875. The average Bonchev–Trinajstić information content (AvgIpc) is 2.64. The van der Waals surface area contributed by atoms with E-state index in [0.29, 0.717) is 31.7 Å². The van der Waals surface area contributed by atoms with Crippen LogP contribution in [0.15, 0.2) is 28.9 Å². The van der Waals surface area contributed by atoms with Gasteiger partial charge in [0.1, 0.15) is 5.60 Å². The molecule has 0 spiro atoms. The molecule has 1 aromatic heterocycles. The van der Waals surface area contributed by atoms with E-state index in [2.05, 4.69) is 36.7 Å². The molecule has 0 radical (unpaired) electrons. The van der Waals surface area contributed by atoms with Gasteiger partial charge >= 0.3 is 6.09 Å². The van der Waals surface area contributed by atoms with Gasteiger partial charge in [-0.1, -0.05) is 15.9 Å². The van der Waals surface area contributed by atoms with Crippen LogP contribution in [0.25, 0.3) is 11.0 Å². The molecule has 1 aliphatic rings. The first-order chi connectivity index (χ1) is 13.2. The summed E-state index contributed by atoms with van der Waals surface area (Å²) in [4.78, 5) is 34.9. The molecule has 2 N–H and O–H groups in total. The highest BCUT2D eigenvalue weighted by atomic mass is 79.9. The third kappa shape index (κ3) is 5.31. The normalized spacial score (nSPS) is 15.4. The first-order valence-electron chi connectivity index (χ1n) is 9.17. The molecule has 3 rings (SSSR count). The number of nitrogens with one attached hydrogen (secondary N) is 2. The minimum atomic E-state index is -0.522. The lowest BCUT2D eigenvalue weighted by Crippen LogP contribution is -2.45. The van der Waals surface area contributed by atoms with Crippen LogP contribution in [0.2, 0.25) is 0 Å². The Balaban J connectivity index is 1.50. The van der Waals surface area contributed by atoms with E-state index < -0.39 is 5.60 Å². The second kappa shape index (κ2) is 8.30. The van der Waals surface area contributed by atoms with Gasteiger partial charge in [0.05, 0.1) is 17.2 Å². The summed E-state index contributed by atoms with van der Waals surface area (Å²) in [5.74, 6) is 0.166. The minimum absolute atomic E-state index is 0.125. The molecule has 0 unspecified atom stereocenters. The van der Waals surface area contributed by atoms with E-state index in [9.17, 15) is 9.59 Å². The topological polar surface area (TPSA) is 96.5 Å². The Morgan fingerprint density at radius 1 is 1.21 bits per heavy atom. The van der Waals surface area contributed by atoms with Crippen molar-refractivity contribution in [1.29, 1.82) is 0 Å². The second-order valence-corrected chi connectivity index (χ2v) is 8.66. The SMILES string of the molecule is CC(C)(C)OC(=O)N1CCC(C(=O)NNc2cnc3ccc(Br)cc3n2)CC1. The molecule has 0 atom stereocenters. The standard InChI is InChI=1S/C19H24BrN5O3/c1-19(2,3)28-18(27)25-8-6-12(7-9-25)17(26)24-23-16-11-21-14-5-4-13(20)10-15(14)22-16/h4-5,10-12H,6-9H2,1-3H3,(H,22,23)(H,24,26). The van der Waals surface area contributed by atoms with Crippen LogP contribution in [-0.4, -0.2) is 45.6 Å². The molecule has 8 nitrogen and oxygen atoms in total. The number of fused-ring (bicyclic) bond motifs is 1. The Hall–Kier alpha value is -2.42. The lowest BCUT2D eigenvalue weighted by Gasteiger charge is -2.32. The third-order valence-corrected chi connectivity index (χ3v) is 4.83. The number of hydrazine groups is 1. The van der Waals surface area contributed by atoms with E-state index in [1.807, 2.05) is 39.0 Å². The summed E-state index contributed by atoms with van der Waals surface area (Å²) in [5.41, 5.74) is 6.49. The van der Waals surface area contributed by atoms with Gasteiger partial charge in [-0.25, -0.2) is 9.78 Å². The number of aromatic nitrogens is 2. The smallest absolute Gasteiger partial charge is 0.410 e. The molecule has 1 aromatic carbocycles. The Kier molecular flexibility index (Phi) is 6.02. The molecule has 0 bridgehead atoms. The number of amides is 2. The van der Waals surface area contributed by atoms with Gasteiger partial charge in [0.25, 0.3) is 0 Å². The van der Waals surface area contributed by atoms with E-state index in [0.717, 1.165) is 15.5 Å². The number of benzene rings is 1. The number of likely N-dealkylation sites (tertiary alicyclic amines) is 1. The summed E-state index contributed by atoms with van der Waals surface area (Å²) in [6.07, 6.45) is 2.41. The van der Waals surface area contributed by atoms with Gasteiger partial charge in [0.15, 0.2) is 5.82 Å². The summed E-state index contributed by atoms with van der Waals surface area (Å²) < 4.78 is 6.29. The minimum Gasteiger partial charge on any atom is -0.444 e. The first kappa shape index (κ1) is 20.3. The number of carbonyl (C=O) groups excluding carboxylic acids is 2. The quantitative estimate of drug-likeness (QED) is 0.696. The number of hydrogen-bond acceptors (Lipinski definition) is 6. The van der Waals surface area contributed by atoms with Gasteiger partial charge in [-0.15, -0.1) is 0 Å². The highest BCUT2D eigenvalue weighted by Crippen LogP contribution is 2.20. The highest BCUT2D eigenvalue weighted by Gasteiger charge is 2.29. The van der Waals surface area contributed by atoms with Crippen LogP contribution in [0.4, 0.5) is 10.6 Å². The predicted molar refractivity (Wildman–Crippen MR) is 110 cm³/mol. The van der Waals surface area contributed by atoms with Gasteiger partial charge in [-0.2, -0.15) is 0 Å². The Morgan fingerprint density at radius 3 is 2.61 bits per heavy atom. The van der Waals surface area contributed by atoms with E-state index in [4.69, 9.17) is 4.74 Å². The van der Waals surface area contributed by atoms with E-state index in [1.54, 1.807) is 11.1 Å². The molecule has 1 fully saturated rings. The molecule has 0 saturated carbocycles. The van der Waals surface area contributed by atoms with Crippen LogP contribution in [0.5, 0.6) is 0 Å². The van der Waals surface area contributed by atoms with Crippen LogP contribution < -0.4 is 10.9 Å². The number of halogens is 1. The average molecular weight is 450 g/mol. The fourth-order valence-corrected chi connectivity index (χ4v) is 3.27. The molecule has 28 heavy (non-hydrogen) atoms. The van der Waals surface area contributed by atoms with Crippen molar-refractivity contribution in [2.24, 2.45) is 5.92 Å². The molecular formula is C19H24BrN5O3. The van der Waals surface area contributed by atoms with E-state index >= 15 is 0 Å². The van der Waals surface area contributed by atoms with Crippen molar-refractivity contribution < 1.29 is 14.3 Å². The maximum absolute atomic E-state index is 12.4. The Morgan fingerprint density at radius 2 is 1.93 bits per heavy atom. The van der Waals surface area contributed by atoms with Crippen LogP contribution in [0.1, 0.15) is 33.6 Å². The predicted octanol–water partition coefficient (Wildman–Crippen LogP) is 3.48. The maximum atomic E-state index is 12.4. The molecule has 1 aliphatic heterocycles. The fraction of sp³-hybridized carbons (Fsp3) is 0.474. The van der Waals surface area contributed by atoms with Crippen molar-refractivity contribution in [3.05, 3.63) is 28.9 Å². The summed E-state index contributed by atoms with van der Waals surface area (Å²) in [6.45, 7) is 6.51. The molecule has 2 amide bonds. The lowest BCUT2D eigenvalue weighted by molar-refractivity contribution is -0.125. The Labute approximate surface area is 172 Å². The fourth-order valence-electron chi connectivity index (χ4n) is 2.92. The number of ether oxygens (including phenoxy) is 1. The van der Waals surface area contributed by atoms with Crippen molar-refractivity contribution in [2.45, 2.75) is 39.2 Å². The molecule has 0 aliphatic carbocycles. The summed E-state index contributed by atoms with van der Waals surface area (Å²) >= 11 is 3.41. The van der Waals surface area contributed by atoms with Crippen molar-refractivity contribution in [3.8, 4) is 0 Å². The molecule has 1 saturated heterocycles. The monoisotopic (exact) mass is 449 g/mol. The number of piperidine rings is 1. The van der Waals surface area contributed by atoms with Crippen LogP contribution in [-0.2, 0) is 9.53 Å². The van der Waals surface area contributed by atoms with E-state index in [1.165, 1.54) is 0 Å². The van der Waals surface area contributed by atoms with E-state index in [-0.39, 0.29) is 17.9 Å². The molecule has 150 valence electrons. The third-order valence-electron chi connectivity index (χ3n) is 4.34. The lowest BCUT2D eigenvalue weighted by atomic mass is 9.96. The van der Waals surface area contributed by atoms with Crippen molar-refractivity contribution in [1.82, 2.24) is 20.3 Å². The maximum Gasteiger partial charge on any atom is 0.410 e. The summed E-state index contributed by atoms with van der Waals surface area (Å²) in [6, 6.07) is 5.63. The van der Waals surface area contributed by atoms with Crippen LogP contribution in [0.3, 0.4) is 0 Å². The zero-order valence-electron chi connectivity index (χ0n) is 16.2.